The van der Waals surface area contributed by atoms with Gasteiger partial charge in [0.1, 0.15) is 0 Å². The van der Waals surface area contributed by atoms with Crippen molar-refractivity contribution in [2.45, 2.75) is 37.8 Å². The van der Waals surface area contributed by atoms with E-state index in [1.165, 1.54) is 0 Å². The highest BCUT2D eigenvalue weighted by atomic mass is 16.7. The number of hydrogen-bond acceptors (Lipinski definition) is 6. The Hall–Kier alpha value is -2.93. The lowest BCUT2D eigenvalue weighted by molar-refractivity contribution is -0.485. The van der Waals surface area contributed by atoms with Gasteiger partial charge in [-0.25, -0.2) is 9.86 Å². The van der Waals surface area contributed by atoms with Gasteiger partial charge in [-0.2, -0.15) is 0 Å². The van der Waals surface area contributed by atoms with Crippen molar-refractivity contribution >= 4 is 11.7 Å². The van der Waals surface area contributed by atoms with Crippen molar-refractivity contribution in [2.75, 3.05) is 18.2 Å². The fourth-order valence-electron chi connectivity index (χ4n) is 5.03. The maximum Gasteiger partial charge on any atom is 0.338 e. The summed E-state index contributed by atoms with van der Waals surface area (Å²) in [5.41, 5.74) is 1.80. The summed E-state index contributed by atoms with van der Waals surface area (Å²) in [6, 6.07) is 19.1. The number of nitrogens with zero attached hydrogens (tertiary/aromatic N) is 2. The Bertz CT molecular complexity index is 876. The Balaban J connectivity index is 1.71. The maximum absolute atomic E-state index is 12.6. The molecule has 4 rings (SSSR count). The fourth-order valence-corrected chi connectivity index (χ4v) is 5.03. The first kappa shape index (κ1) is 20.3. The molecule has 0 spiro atoms. The number of anilines is 1. The van der Waals surface area contributed by atoms with Crippen LogP contribution >= 0.6 is 0 Å². The Morgan fingerprint density at radius 3 is 2.47 bits per heavy atom. The molecule has 0 aromatic heterocycles. The maximum atomic E-state index is 12.6. The lowest BCUT2D eigenvalue weighted by Gasteiger charge is -2.32. The summed E-state index contributed by atoms with van der Waals surface area (Å²) in [6.07, 6.45) is 0.876. The number of fused-ring (bicyclic) bond motifs is 1. The minimum Gasteiger partial charge on any atom is -0.464 e. The summed E-state index contributed by atoms with van der Waals surface area (Å²) >= 11 is 0. The summed E-state index contributed by atoms with van der Waals surface area (Å²) in [4.78, 5) is 30.0. The van der Waals surface area contributed by atoms with Crippen molar-refractivity contribution in [3.63, 3.8) is 0 Å². The predicted molar refractivity (Wildman–Crippen MR) is 111 cm³/mol. The van der Waals surface area contributed by atoms with Crippen LogP contribution in [0.25, 0.3) is 0 Å². The minimum absolute atomic E-state index is 0.0116. The molecule has 5 atom stereocenters. The number of hydroxylamine groups is 1. The van der Waals surface area contributed by atoms with Gasteiger partial charge in [-0.05, 0) is 43.4 Å². The third kappa shape index (κ3) is 3.89. The molecule has 1 saturated heterocycles. The first-order valence-electron chi connectivity index (χ1n) is 10.4. The highest BCUT2D eigenvalue weighted by molar-refractivity contribution is 5.76. The molecule has 2 aromatic carbocycles. The Morgan fingerprint density at radius 2 is 1.83 bits per heavy atom. The summed E-state index contributed by atoms with van der Waals surface area (Å²) in [7, 11) is 0. The lowest BCUT2D eigenvalue weighted by atomic mass is 9.80. The Morgan fingerprint density at radius 1 is 1.17 bits per heavy atom. The second kappa shape index (κ2) is 8.83. The quantitative estimate of drug-likeness (QED) is 0.392. The number of rotatable bonds is 7. The molecule has 7 heteroatoms. The average molecular weight is 410 g/mol. The van der Waals surface area contributed by atoms with E-state index in [-0.39, 0.29) is 41.2 Å². The van der Waals surface area contributed by atoms with Gasteiger partial charge < -0.3 is 4.74 Å². The molecule has 1 saturated carbocycles. The van der Waals surface area contributed by atoms with E-state index in [1.54, 1.807) is 12.0 Å². The molecule has 0 radical (unpaired) electrons. The topological polar surface area (TPSA) is 81.9 Å². The van der Waals surface area contributed by atoms with Gasteiger partial charge in [-0.1, -0.05) is 48.5 Å². The lowest BCUT2D eigenvalue weighted by Crippen LogP contribution is -2.39. The number of hydrogen-bond donors (Lipinski definition) is 0. The van der Waals surface area contributed by atoms with Crippen LogP contribution in [0.2, 0.25) is 0 Å². The third-order valence-corrected chi connectivity index (χ3v) is 6.22. The van der Waals surface area contributed by atoms with E-state index >= 15 is 0 Å². The van der Waals surface area contributed by atoms with Crippen molar-refractivity contribution in [3.05, 3.63) is 76.3 Å². The zero-order valence-electron chi connectivity index (χ0n) is 16.9. The Labute approximate surface area is 175 Å². The monoisotopic (exact) mass is 410 g/mol. The second-order valence-corrected chi connectivity index (χ2v) is 7.87. The van der Waals surface area contributed by atoms with E-state index in [4.69, 9.17) is 9.57 Å². The van der Waals surface area contributed by atoms with Crippen LogP contribution in [-0.2, 0) is 14.4 Å². The number of ether oxygens (including phenoxy) is 1. The van der Waals surface area contributed by atoms with Gasteiger partial charge in [0.25, 0.3) is 0 Å². The van der Waals surface area contributed by atoms with Gasteiger partial charge in [-0.3, -0.25) is 15.0 Å². The standard InChI is InChI=1S/C23H26N2O5/c1-2-29-23(26)22-19-14-13-18(20(15-24(27)28)16-9-5-3-6-10-16)21(19)25(30-22)17-11-7-4-8-12-17/h3-12,18-22H,2,13-15H2,1H3/t18-,19+,20-,21-,22+/m1/s1. The molecule has 2 aliphatic rings. The predicted octanol–water partition coefficient (Wildman–Crippen LogP) is 3.83. The zero-order valence-corrected chi connectivity index (χ0v) is 16.9. The van der Waals surface area contributed by atoms with Gasteiger partial charge in [0.05, 0.1) is 24.3 Å². The molecule has 1 aliphatic heterocycles. The molecule has 0 bridgehead atoms. The van der Waals surface area contributed by atoms with Crippen molar-refractivity contribution in [2.24, 2.45) is 11.8 Å². The van der Waals surface area contributed by atoms with Crippen LogP contribution in [0.15, 0.2) is 60.7 Å². The Kier molecular flexibility index (Phi) is 5.99. The molecule has 1 heterocycles. The van der Waals surface area contributed by atoms with Crippen LogP contribution in [0.3, 0.4) is 0 Å². The molecule has 2 aromatic rings. The van der Waals surface area contributed by atoms with Crippen LogP contribution in [0.5, 0.6) is 0 Å². The van der Waals surface area contributed by atoms with Crippen molar-refractivity contribution in [1.82, 2.24) is 0 Å². The van der Waals surface area contributed by atoms with Gasteiger partial charge in [0.2, 0.25) is 6.54 Å². The molecule has 0 unspecified atom stereocenters. The molecule has 1 aliphatic carbocycles. The van der Waals surface area contributed by atoms with E-state index < -0.39 is 6.10 Å². The molecule has 0 N–H and O–H groups in total. The molecule has 30 heavy (non-hydrogen) atoms. The van der Waals surface area contributed by atoms with Crippen LogP contribution in [0.1, 0.15) is 31.2 Å². The molecular formula is C23H26N2O5. The second-order valence-electron chi connectivity index (χ2n) is 7.87. The largest absolute Gasteiger partial charge is 0.464 e. The number of para-hydroxylation sites is 1. The van der Waals surface area contributed by atoms with Crippen LogP contribution < -0.4 is 5.06 Å². The van der Waals surface area contributed by atoms with E-state index in [1.807, 2.05) is 60.7 Å². The summed E-state index contributed by atoms with van der Waals surface area (Å²) in [5, 5.41) is 13.3. The van der Waals surface area contributed by atoms with E-state index in [0.717, 1.165) is 24.1 Å². The van der Waals surface area contributed by atoms with Crippen molar-refractivity contribution in [1.29, 1.82) is 0 Å². The van der Waals surface area contributed by atoms with Crippen LogP contribution in [0.4, 0.5) is 5.69 Å². The highest BCUT2D eigenvalue weighted by Gasteiger charge is 2.56. The van der Waals surface area contributed by atoms with Crippen molar-refractivity contribution in [3.8, 4) is 0 Å². The van der Waals surface area contributed by atoms with Crippen LogP contribution in [-0.4, -0.2) is 36.2 Å². The average Bonchev–Trinajstić information content (AvgIpc) is 3.34. The van der Waals surface area contributed by atoms with Gasteiger partial charge in [-0.15, -0.1) is 0 Å². The molecule has 7 nitrogen and oxygen atoms in total. The van der Waals surface area contributed by atoms with Gasteiger partial charge >= 0.3 is 5.97 Å². The summed E-state index contributed by atoms with van der Waals surface area (Å²) in [6.45, 7) is 1.92. The minimum atomic E-state index is -0.688. The van der Waals surface area contributed by atoms with E-state index in [9.17, 15) is 14.9 Å². The van der Waals surface area contributed by atoms with Crippen molar-refractivity contribution < 1.29 is 19.3 Å². The third-order valence-electron chi connectivity index (χ3n) is 6.22. The van der Waals surface area contributed by atoms with Crippen LogP contribution in [0, 0.1) is 22.0 Å². The number of benzene rings is 2. The number of carbonyl (C=O) groups is 1. The summed E-state index contributed by atoms with van der Waals surface area (Å²) < 4.78 is 5.26. The highest BCUT2D eigenvalue weighted by Crippen LogP contribution is 2.50. The molecule has 2 fully saturated rings. The van der Waals surface area contributed by atoms with Gasteiger partial charge in [0.15, 0.2) is 6.10 Å². The number of nitro groups is 1. The number of esters is 1. The molecular weight excluding hydrogens is 384 g/mol. The van der Waals surface area contributed by atoms with E-state index in [0.29, 0.717) is 6.61 Å². The normalized spacial score (nSPS) is 26.2. The zero-order chi connectivity index (χ0) is 21.1. The number of carbonyl (C=O) groups excluding carboxylic acids is 1. The summed E-state index contributed by atoms with van der Waals surface area (Å²) in [5.74, 6) is -0.696. The molecule has 158 valence electrons. The fraction of sp³-hybridized carbons (Fsp3) is 0.435. The van der Waals surface area contributed by atoms with Gasteiger partial charge in [0, 0.05) is 10.8 Å². The first-order chi connectivity index (χ1) is 14.6. The SMILES string of the molecule is CCOC(=O)[C@H]1ON(c2ccccc2)[C@H]2[C@@H]1CC[C@@H]2[C@H](C[N+](=O)[O-])c1ccccc1. The molecule has 0 amide bonds. The smallest absolute Gasteiger partial charge is 0.338 e. The first-order valence-corrected chi connectivity index (χ1v) is 10.4. The van der Waals surface area contributed by atoms with E-state index in [2.05, 4.69) is 0 Å².